The van der Waals surface area contributed by atoms with E-state index in [1.165, 1.54) is 31.4 Å². The number of ether oxygens (including phenoxy) is 1. The number of aliphatic carboxylic acids is 1. The highest BCUT2D eigenvalue weighted by atomic mass is 32.2. The van der Waals surface area contributed by atoms with Crippen LogP contribution < -0.4 is 14.6 Å². The van der Waals surface area contributed by atoms with Crippen molar-refractivity contribution in [3.8, 4) is 5.75 Å². The van der Waals surface area contributed by atoms with Crippen LogP contribution in [0.25, 0.3) is 0 Å². The Kier molecular flexibility index (Phi) is 4.87. The first-order chi connectivity index (χ1) is 8.77. The number of carboxylic acids is 1. The first-order valence-corrected chi connectivity index (χ1v) is 6.81. The number of carboxylic acid groups (broad SMARTS) is 1. The van der Waals surface area contributed by atoms with Crippen LogP contribution in [0.2, 0.25) is 0 Å². The minimum absolute atomic E-state index is 0.139. The number of aliphatic hydroxyl groups is 1. The molecule has 2 atom stereocenters. The van der Waals surface area contributed by atoms with Crippen molar-refractivity contribution in [1.82, 2.24) is 4.72 Å². The van der Waals surface area contributed by atoms with E-state index in [4.69, 9.17) is 4.74 Å². The number of hydrogen-bond acceptors (Lipinski definition) is 6. The van der Waals surface area contributed by atoms with Gasteiger partial charge >= 0.3 is 0 Å². The van der Waals surface area contributed by atoms with Gasteiger partial charge in [-0.3, -0.25) is 0 Å². The molecule has 0 heterocycles. The number of aliphatic hydroxyl groups excluding tert-OH is 1. The van der Waals surface area contributed by atoms with Crippen LogP contribution in [-0.4, -0.2) is 38.7 Å². The van der Waals surface area contributed by atoms with Gasteiger partial charge < -0.3 is 19.7 Å². The van der Waals surface area contributed by atoms with Crippen molar-refractivity contribution in [1.29, 1.82) is 0 Å². The van der Waals surface area contributed by atoms with Gasteiger partial charge in [0, 0.05) is 0 Å². The predicted molar refractivity (Wildman–Crippen MR) is 63.8 cm³/mol. The van der Waals surface area contributed by atoms with Gasteiger partial charge in [0.25, 0.3) is 0 Å². The summed E-state index contributed by atoms with van der Waals surface area (Å²) in [5, 5.41) is 19.9. The normalized spacial score (nSPS) is 14.7. The number of carbonyl (C=O) groups excluding carboxylic acids is 1. The Morgan fingerprint density at radius 2 is 1.89 bits per heavy atom. The molecule has 0 spiro atoms. The molecule has 1 aromatic rings. The summed E-state index contributed by atoms with van der Waals surface area (Å²) in [5.74, 6) is -1.24. The van der Waals surface area contributed by atoms with Crippen molar-refractivity contribution in [2.45, 2.75) is 24.0 Å². The van der Waals surface area contributed by atoms with Crippen LogP contribution in [0.3, 0.4) is 0 Å². The van der Waals surface area contributed by atoms with Gasteiger partial charge in [0.05, 0.1) is 30.1 Å². The lowest BCUT2D eigenvalue weighted by atomic mass is 10.2. The fourth-order valence-electron chi connectivity index (χ4n) is 1.33. The summed E-state index contributed by atoms with van der Waals surface area (Å²) in [5.41, 5.74) is 0. The van der Waals surface area contributed by atoms with E-state index < -0.39 is 28.1 Å². The van der Waals surface area contributed by atoms with Gasteiger partial charge in [-0.25, -0.2) is 8.42 Å². The van der Waals surface area contributed by atoms with Crippen molar-refractivity contribution in [2.24, 2.45) is 0 Å². The lowest BCUT2D eigenvalue weighted by Crippen LogP contribution is -2.53. The van der Waals surface area contributed by atoms with Gasteiger partial charge in [-0.05, 0) is 31.2 Å². The molecule has 7 nitrogen and oxygen atoms in total. The quantitative estimate of drug-likeness (QED) is 0.656. The molecule has 0 bridgehead atoms. The summed E-state index contributed by atoms with van der Waals surface area (Å²) in [7, 11) is -2.63. The van der Waals surface area contributed by atoms with E-state index >= 15 is 0 Å². The minimum Gasteiger partial charge on any atom is -0.548 e. The summed E-state index contributed by atoms with van der Waals surface area (Å²) in [6.07, 6.45) is -1.42. The average molecular weight is 288 g/mol. The van der Waals surface area contributed by atoms with Crippen LogP contribution in [0.15, 0.2) is 29.2 Å². The van der Waals surface area contributed by atoms with Crippen molar-refractivity contribution in [3.05, 3.63) is 24.3 Å². The van der Waals surface area contributed by atoms with Crippen LogP contribution in [0.1, 0.15) is 6.92 Å². The molecule has 106 valence electrons. The van der Waals surface area contributed by atoms with Gasteiger partial charge in [0.15, 0.2) is 0 Å². The lowest BCUT2D eigenvalue weighted by molar-refractivity contribution is -0.309. The van der Waals surface area contributed by atoms with Gasteiger partial charge in [-0.15, -0.1) is 0 Å². The fourth-order valence-corrected chi connectivity index (χ4v) is 2.59. The van der Waals surface area contributed by atoms with E-state index in [2.05, 4.69) is 0 Å². The number of sulfonamides is 1. The highest BCUT2D eigenvalue weighted by Gasteiger charge is 2.24. The van der Waals surface area contributed by atoms with Gasteiger partial charge in [0.1, 0.15) is 5.75 Å². The molecule has 19 heavy (non-hydrogen) atoms. The Morgan fingerprint density at radius 1 is 1.37 bits per heavy atom. The number of nitrogens with one attached hydrogen (secondary N) is 1. The van der Waals surface area contributed by atoms with Gasteiger partial charge in [-0.1, -0.05) is 0 Å². The zero-order chi connectivity index (χ0) is 14.6. The SMILES string of the molecule is COc1ccc(S(=O)(=O)N[C@H](C(=O)[O-])[C@@H](C)O)cc1. The van der Waals surface area contributed by atoms with Gasteiger partial charge in [-0.2, -0.15) is 4.72 Å². The molecule has 0 fully saturated rings. The molecule has 0 unspecified atom stereocenters. The first-order valence-electron chi connectivity index (χ1n) is 5.33. The monoisotopic (exact) mass is 288 g/mol. The first kappa shape index (κ1) is 15.4. The van der Waals surface area contributed by atoms with Crippen LogP contribution in [0, 0.1) is 0 Å². The number of rotatable bonds is 6. The molecule has 0 saturated carbocycles. The fraction of sp³-hybridized carbons (Fsp3) is 0.364. The van der Waals surface area contributed by atoms with E-state index in [1.54, 1.807) is 0 Å². The number of hydrogen-bond donors (Lipinski definition) is 2. The standard InChI is InChI=1S/C11H15NO6S/c1-7(13)10(11(14)15)12-19(16,17)9-5-3-8(18-2)4-6-9/h3-7,10,12-13H,1-2H3,(H,14,15)/p-1/t7-,10+/m1/s1. The summed E-state index contributed by atoms with van der Waals surface area (Å²) < 4.78 is 30.5. The maximum atomic E-state index is 11.9. The maximum absolute atomic E-state index is 11.9. The molecule has 0 saturated heterocycles. The third kappa shape index (κ3) is 3.91. The Balaban J connectivity index is 2.99. The lowest BCUT2D eigenvalue weighted by Gasteiger charge is -2.22. The predicted octanol–water partition coefficient (Wildman–Crippen LogP) is -1.53. The number of carbonyl (C=O) groups is 1. The van der Waals surface area contributed by atoms with Crippen LogP contribution in [-0.2, 0) is 14.8 Å². The van der Waals surface area contributed by atoms with Crippen molar-refractivity contribution >= 4 is 16.0 Å². The second-order valence-electron chi connectivity index (χ2n) is 3.83. The van der Waals surface area contributed by atoms with Crippen LogP contribution in [0.5, 0.6) is 5.75 Å². The Labute approximate surface area is 110 Å². The maximum Gasteiger partial charge on any atom is 0.241 e. The molecule has 0 aliphatic rings. The molecule has 0 aliphatic heterocycles. The third-order valence-electron chi connectivity index (χ3n) is 2.39. The second kappa shape index (κ2) is 6.00. The highest BCUT2D eigenvalue weighted by molar-refractivity contribution is 7.89. The van der Waals surface area contributed by atoms with E-state index in [1.807, 2.05) is 4.72 Å². The molecule has 0 aliphatic carbocycles. The van der Waals surface area contributed by atoms with Crippen molar-refractivity contribution in [3.63, 3.8) is 0 Å². The van der Waals surface area contributed by atoms with Crippen molar-refractivity contribution in [2.75, 3.05) is 7.11 Å². The summed E-state index contributed by atoms with van der Waals surface area (Å²) in [6.45, 7) is 1.15. The zero-order valence-corrected chi connectivity index (χ0v) is 11.2. The van der Waals surface area contributed by atoms with E-state index in [9.17, 15) is 23.4 Å². The molecule has 1 aromatic carbocycles. The molecule has 8 heteroatoms. The van der Waals surface area contributed by atoms with Crippen LogP contribution in [0.4, 0.5) is 0 Å². The molecule has 0 amide bonds. The average Bonchev–Trinajstić information content (AvgIpc) is 2.35. The van der Waals surface area contributed by atoms with Crippen LogP contribution >= 0.6 is 0 Å². The molecule has 2 N–H and O–H groups in total. The van der Waals surface area contributed by atoms with E-state index in [0.717, 1.165) is 6.92 Å². The van der Waals surface area contributed by atoms with E-state index in [0.29, 0.717) is 5.75 Å². The Bertz CT molecular complexity index is 537. The third-order valence-corrected chi connectivity index (χ3v) is 3.85. The smallest absolute Gasteiger partial charge is 0.241 e. The zero-order valence-electron chi connectivity index (χ0n) is 10.4. The highest BCUT2D eigenvalue weighted by Crippen LogP contribution is 2.15. The molecule has 1 rings (SSSR count). The van der Waals surface area contributed by atoms with Crippen molar-refractivity contribution < 1.29 is 28.2 Å². The topological polar surface area (TPSA) is 116 Å². The second-order valence-corrected chi connectivity index (χ2v) is 5.55. The largest absolute Gasteiger partial charge is 0.548 e. The summed E-state index contributed by atoms with van der Waals surface area (Å²) >= 11 is 0. The molecule has 0 aromatic heterocycles. The Hall–Kier alpha value is -1.64. The molecular weight excluding hydrogens is 274 g/mol. The molecule has 0 radical (unpaired) electrons. The summed E-state index contributed by atoms with van der Waals surface area (Å²) in [6, 6.07) is 3.65. The van der Waals surface area contributed by atoms with Gasteiger partial charge in [0.2, 0.25) is 10.0 Å². The minimum atomic E-state index is -4.06. The summed E-state index contributed by atoms with van der Waals surface area (Å²) in [4.78, 5) is 10.6. The number of benzene rings is 1. The Morgan fingerprint density at radius 3 is 2.26 bits per heavy atom. The number of methoxy groups -OCH3 is 1. The molecular formula is C11H14NO6S-. The van der Waals surface area contributed by atoms with E-state index in [-0.39, 0.29) is 4.90 Å².